The van der Waals surface area contributed by atoms with Gasteiger partial charge in [0, 0.05) is 5.69 Å². The number of nitroso groups, excluding NO2 is 1. The third-order valence-corrected chi connectivity index (χ3v) is 2.06. The molecule has 2 aromatic rings. The number of rotatable bonds is 3. The fourth-order valence-electron chi connectivity index (χ4n) is 1.34. The Balaban J connectivity index is 2.28. The molecule has 0 saturated carbocycles. The third kappa shape index (κ3) is 2.20. The molecule has 2 aromatic carbocycles. The van der Waals surface area contributed by atoms with E-state index in [1.807, 2.05) is 42.5 Å². The van der Waals surface area contributed by atoms with Crippen molar-refractivity contribution in [3.63, 3.8) is 0 Å². The highest BCUT2D eigenvalue weighted by atomic mass is 16.3. The Labute approximate surface area is 87.7 Å². The molecule has 0 spiro atoms. The van der Waals surface area contributed by atoms with Gasteiger partial charge in [0.15, 0.2) is 0 Å². The molecule has 0 bridgehead atoms. The number of anilines is 2. The fraction of sp³-hybridized carbons (Fsp3) is 0. The second-order valence-electron chi connectivity index (χ2n) is 3.10. The van der Waals surface area contributed by atoms with E-state index in [0.29, 0.717) is 5.69 Å². The molecule has 0 saturated heterocycles. The first kappa shape index (κ1) is 9.40. The van der Waals surface area contributed by atoms with E-state index in [1.165, 1.54) is 0 Å². The molecule has 0 aliphatic rings. The zero-order valence-electron chi connectivity index (χ0n) is 8.05. The molecule has 0 heterocycles. The molecule has 74 valence electrons. The van der Waals surface area contributed by atoms with Gasteiger partial charge in [-0.3, -0.25) is 0 Å². The van der Waals surface area contributed by atoms with Crippen LogP contribution in [0.4, 0.5) is 17.1 Å². The summed E-state index contributed by atoms with van der Waals surface area (Å²) < 4.78 is 0. The SMILES string of the molecule is O=Nc1ccccc1Nc1ccccc1. The predicted octanol–water partition coefficient (Wildman–Crippen LogP) is 3.83. The molecular weight excluding hydrogens is 188 g/mol. The van der Waals surface area contributed by atoms with E-state index in [9.17, 15) is 4.91 Å². The van der Waals surface area contributed by atoms with E-state index in [0.717, 1.165) is 11.4 Å². The van der Waals surface area contributed by atoms with Crippen molar-refractivity contribution in [1.29, 1.82) is 0 Å². The van der Waals surface area contributed by atoms with Gasteiger partial charge in [0.2, 0.25) is 0 Å². The number of hydrogen-bond donors (Lipinski definition) is 1. The molecule has 0 atom stereocenters. The molecule has 2 rings (SSSR count). The van der Waals surface area contributed by atoms with E-state index in [4.69, 9.17) is 0 Å². The molecule has 3 heteroatoms. The molecule has 0 aromatic heterocycles. The summed E-state index contributed by atoms with van der Waals surface area (Å²) in [5.74, 6) is 0. The highest BCUT2D eigenvalue weighted by Crippen LogP contribution is 2.26. The maximum Gasteiger partial charge on any atom is 0.131 e. The van der Waals surface area contributed by atoms with Crippen LogP contribution in [0.1, 0.15) is 0 Å². The monoisotopic (exact) mass is 198 g/mol. The van der Waals surface area contributed by atoms with Crippen LogP contribution in [0.5, 0.6) is 0 Å². The lowest BCUT2D eigenvalue weighted by molar-refractivity contribution is 1.46. The molecule has 0 fully saturated rings. The van der Waals surface area contributed by atoms with Crippen LogP contribution in [0.2, 0.25) is 0 Å². The number of hydrogen-bond acceptors (Lipinski definition) is 3. The van der Waals surface area contributed by atoms with Crippen LogP contribution in [0.3, 0.4) is 0 Å². The Morgan fingerprint density at radius 2 is 1.53 bits per heavy atom. The van der Waals surface area contributed by atoms with Crippen LogP contribution in [0.25, 0.3) is 0 Å². The minimum Gasteiger partial charge on any atom is -0.354 e. The Bertz CT molecular complexity index is 454. The first-order chi connectivity index (χ1) is 7.40. The molecule has 3 nitrogen and oxygen atoms in total. The highest BCUT2D eigenvalue weighted by molar-refractivity contribution is 5.71. The second kappa shape index (κ2) is 4.37. The minimum atomic E-state index is 0.418. The molecule has 0 amide bonds. The summed E-state index contributed by atoms with van der Waals surface area (Å²) in [6, 6.07) is 16.8. The van der Waals surface area contributed by atoms with Gasteiger partial charge < -0.3 is 5.32 Å². The quantitative estimate of drug-likeness (QED) is 0.761. The van der Waals surface area contributed by atoms with Gasteiger partial charge in [-0.15, -0.1) is 4.91 Å². The van der Waals surface area contributed by atoms with Crippen molar-refractivity contribution in [2.24, 2.45) is 5.18 Å². The molecule has 0 radical (unpaired) electrons. The number of nitrogens with one attached hydrogen (secondary N) is 1. The maximum atomic E-state index is 10.5. The van der Waals surface area contributed by atoms with Crippen LogP contribution in [0, 0.1) is 4.91 Å². The van der Waals surface area contributed by atoms with E-state index >= 15 is 0 Å². The van der Waals surface area contributed by atoms with Crippen molar-refractivity contribution in [1.82, 2.24) is 0 Å². The summed E-state index contributed by atoms with van der Waals surface area (Å²) in [4.78, 5) is 10.5. The summed E-state index contributed by atoms with van der Waals surface area (Å²) in [7, 11) is 0. The smallest absolute Gasteiger partial charge is 0.131 e. The first-order valence-corrected chi connectivity index (χ1v) is 4.64. The zero-order chi connectivity index (χ0) is 10.5. The van der Waals surface area contributed by atoms with Crippen molar-refractivity contribution >= 4 is 17.1 Å². The lowest BCUT2D eigenvalue weighted by Crippen LogP contribution is -1.89. The fourth-order valence-corrected chi connectivity index (χ4v) is 1.34. The van der Waals surface area contributed by atoms with Crippen LogP contribution in [-0.4, -0.2) is 0 Å². The third-order valence-electron chi connectivity index (χ3n) is 2.06. The Morgan fingerprint density at radius 3 is 2.27 bits per heavy atom. The minimum absolute atomic E-state index is 0.418. The van der Waals surface area contributed by atoms with E-state index in [-0.39, 0.29) is 0 Å². The summed E-state index contributed by atoms with van der Waals surface area (Å²) >= 11 is 0. The average Bonchev–Trinajstić information content (AvgIpc) is 2.31. The Kier molecular flexibility index (Phi) is 2.74. The van der Waals surface area contributed by atoms with Gasteiger partial charge in [-0.05, 0) is 29.4 Å². The van der Waals surface area contributed by atoms with Gasteiger partial charge in [0.25, 0.3) is 0 Å². The van der Waals surface area contributed by atoms with Gasteiger partial charge in [-0.2, -0.15) is 0 Å². The van der Waals surface area contributed by atoms with Crippen molar-refractivity contribution in [2.75, 3.05) is 5.32 Å². The largest absolute Gasteiger partial charge is 0.354 e. The van der Waals surface area contributed by atoms with Crippen molar-refractivity contribution in [3.05, 3.63) is 59.5 Å². The Morgan fingerprint density at radius 1 is 0.867 bits per heavy atom. The maximum absolute atomic E-state index is 10.5. The molecule has 1 N–H and O–H groups in total. The van der Waals surface area contributed by atoms with Gasteiger partial charge in [-0.25, -0.2) is 0 Å². The number of benzene rings is 2. The molecule has 0 aliphatic carbocycles. The van der Waals surface area contributed by atoms with Crippen LogP contribution in [0.15, 0.2) is 59.8 Å². The van der Waals surface area contributed by atoms with Crippen LogP contribution >= 0.6 is 0 Å². The van der Waals surface area contributed by atoms with Crippen LogP contribution in [-0.2, 0) is 0 Å². The molecule has 0 unspecified atom stereocenters. The summed E-state index contributed by atoms with van der Waals surface area (Å²) in [6.45, 7) is 0. The van der Waals surface area contributed by atoms with Gasteiger partial charge >= 0.3 is 0 Å². The van der Waals surface area contributed by atoms with Gasteiger partial charge in [-0.1, -0.05) is 30.3 Å². The predicted molar refractivity (Wildman–Crippen MR) is 61.6 cm³/mol. The summed E-state index contributed by atoms with van der Waals surface area (Å²) in [5.41, 5.74) is 2.08. The number of nitrogens with zero attached hydrogens (tertiary/aromatic N) is 1. The van der Waals surface area contributed by atoms with Crippen molar-refractivity contribution in [2.45, 2.75) is 0 Å². The lowest BCUT2D eigenvalue weighted by Gasteiger charge is -2.06. The highest BCUT2D eigenvalue weighted by Gasteiger charge is 2.00. The van der Waals surface area contributed by atoms with Crippen LogP contribution < -0.4 is 5.32 Å². The van der Waals surface area contributed by atoms with Crippen molar-refractivity contribution < 1.29 is 0 Å². The lowest BCUT2D eigenvalue weighted by atomic mass is 10.2. The molecule has 15 heavy (non-hydrogen) atoms. The second-order valence-corrected chi connectivity index (χ2v) is 3.10. The first-order valence-electron chi connectivity index (χ1n) is 4.64. The Hall–Kier alpha value is -2.16. The zero-order valence-corrected chi connectivity index (χ0v) is 8.05. The molecule has 0 aliphatic heterocycles. The van der Waals surface area contributed by atoms with E-state index in [2.05, 4.69) is 10.5 Å². The molecular formula is C12H10N2O. The number of para-hydroxylation sites is 2. The topological polar surface area (TPSA) is 41.5 Å². The van der Waals surface area contributed by atoms with E-state index < -0.39 is 0 Å². The van der Waals surface area contributed by atoms with Crippen molar-refractivity contribution in [3.8, 4) is 0 Å². The standard InChI is InChI=1S/C12H10N2O/c15-14-12-9-5-4-8-11(12)13-10-6-2-1-3-7-10/h1-9,13H. The van der Waals surface area contributed by atoms with Gasteiger partial charge in [0.1, 0.15) is 5.69 Å². The summed E-state index contributed by atoms with van der Waals surface area (Å²) in [6.07, 6.45) is 0. The summed E-state index contributed by atoms with van der Waals surface area (Å²) in [5, 5.41) is 6.08. The van der Waals surface area contributed by atoms with Gasteiger partial charge in [0.05, 0.1) is 5.69 Å². The average molecular weight is 198 g/mol. The normalized spacial score (nSPS) is 9.60. The van der Waals surface area contributed by atoms with E-state index in [1.54, 1.807) is 12.1 Å².